The molecule has 0 aliphatic heterocycles. The van der Waals surface area contributed by atoms with Crippen molar-refractivity contribution in [1.82, 2.24) is 0 Å². The minimum Gasteiger partial charge on any atom is -0.324 e. The second-order valence-electron chi connectivity index (χ2n) is 13.7. The Balaban J connectivity index is 1.27. The number of rotatable bonds is 14. The van der Waals surface area contributed by atoms with Gasteiger partial charge in [-0.3, -0.25) is 28.8 Å². The molecule has 5 rings (SSSR count). The summed E-state index contributed by atoms with van der Waals surface area (Å²) in [6.07, 6.45) is 0. The average molecular weight is 1030 g/mol. The number of ketones is 2. The van der Waals surface area contributed by atoms with Crippen LogP contribution in [-0.2, 0) is 19.2 Å². The Labute approximate surface area is 405 Å². The summed E-state index contributed by atoms with van der Waals surface area (Å²) in [7, 11) is 0. The molecule has 0 fully saturated rings. The van der Waals surface area contributed by atoms with E-state index in [4.69, 9.17) is 92.8 Å². The standard InChI is InChI=1S/C42H30Cl8N8O6/c1-17-5-25(51-41(63)37(19(3)59)57-55-26-9-21(7-23(43)11-26)39(61)52-34-15-30(47)28(45)13-32(34)49)6-18(2)36(17)54-42(64)38(20(4)60)58-56-27-10-22(8-24(44)12-27)40(62)53-35-16-31(48)29(46)14-33(35)50/h5-16,37-38H,1-4H3,(H,51,63)(H,52,61)(H,53,62)(H,54,64). The molecule has 0 spiro atoms. The third-order valence-electron chi connectivity index (χ3n) is 8.70. The first-order chi connectivity index (χ1) is 30.1. The van der Waals surface area contributed by atoms with Gasteiger partial charge in [0.25, 0.3) is 23.6 Å². The van der Waals surface area contributed by atoms with Gasteiger partial charge >= 0.3 is 0 Å². The predicted octanol–water partition coefficient (Wildman–Crippen LogP) is 13.4. The lowest BCUT2D eigenvalue weighted by Gasteiger charge is -2.17. The van der Waals surface area contributed by atoms with Crippen LogP contribution in [-0.4, -0.2) is 47.3 Å². The van der Waals surface area contributed by atoms with E-state index in [0.29, 0.717) is 16.8 Å². The zero-order chi connectivity index (χ0) is 47.2. The number of anilines is 4. The van der Waals surface area contributed by atoms with Gasteiger partial charge in [0.15, 0.2) is 11.6 Å². The van der Waals surface area contributed by atoms with E-state index in [9.17, 15) is 28.8 Å². The molecule has 64 heavy (non-hydrogen) atoms. The van der Waals surface area contributed by atoms with Crippen molar-refractivity contribution >= 4 is 162 Å². The molecule has 5 aromatic carbocycles. The molecular formula is C42H30Cl8N8O6. The molecule has 0 aliphatic rings. The highest BCUT2D eigenvalue weighted by atomic mass is 35.5. The van der Waals surface area contributed by atoms with Crippen molar-refractivity contribution in [3.05, 3.63) is 135 Å². The summed E-state index contributed by atoms with van der Waals surface area (Å²) in [5.41, 5.74) is 2.05. The van der Waals surface area contributed by atoms with Gasteiger partial charge in [-0.25, -0.2) is 0 Å². The second kappa shape index (κ2) is 21.7. The van der Waals surface area contributed by atoms with Gasteiger partial charge in [-0.05, 0) is 112 Å². The molecule has 4 N–H and O–H groups in total. The van der Waals surface area contributed by atoms with Crippen molar-refractivity contribution in [2.45, 2.75) is 39.8 Å². The van der Waals surface area contributed by atoms with Crippen molar-refractivity contribution in [3.63, 3.8) is 0 Å². The molecule has 0 saturated heterocycles. The normalized spacial score (nSPS) is 12.2. The lowest BCUT2D eigenvalue weighted by molar-refractivity contribution is -0.127. The Kier molecular flexibility index (Phi) is 16.9. The highest BCUT2D eigenvalue weighted by Crippen LogP contribution is 2.35. The fourth-order valence-electron chi connectivity index (χ4n) is 5.67. The molecule has 4 amide bonds. The van der Waals surface area contributed by atoms with Crippen LogP contribution in [0.5, 0.6) is 0 Å². The fourth-order valence-corrected chi connectivity index (χ4v) is 7.32. The van der Waals surface area contributed by atoms with Gasteiger partial charge in [-0.15, -0.1) is 0 Å². The molecule has 5 aromatic rings. The van der Waals surface area contributed by atoms with Crippen molar-refractivity contribution in [2.75, 3.05) is 21.3 Å². The molecule has 0 saturated carbocycles. The van der Waals surface area contributed by atoms with Crippen LogP contribution < -0.4 is 21.3 Å². The summed E-state index contributed by atoms with van der Waals surface area (Å²) in [5, 5.41) is 27.6. The minimum absolute atomic E-state index is 0.0496. The third kappa shape index (κ3) is 13.0. The number of halogens is 8. The predicted molar refractivity (Wildman–Crippen MR) is 253 cm³/mol. The summed E-state index contributed by atoms with van der Waals surface area (Å²) in [6.45, 7) is 5.57. The quantitative estimate of drug-likeness (QED) is 0.0484. The van der Waals surface area contributed by atoms with E-state index in [-0.39, 0.29) is 79.7 Å². The Hall–Kier alpha value is -5.16. The molecule has 0 aliphatic carbocycles. The van der Waals surface area contributed by atoms with Crippen molar-refractivity contribution in [3.8, 4) is 0 Å². The van der Waals surface area contributed by atoms with E-state index >= 15 is 0 Å². The van der Waals surface area contributed by atoms with Crippen LogP contribution in [0, 0.1) is 13.8 Å². The van der Waals surface area contributed by atoms with Crippen LogP contribution in [0.2, 0.25) is 40.2 Å². The Morgan fingerprint density at radius 3 is 1.22 bits per heavy atom. The lowest BCUT2D eigenvalue weighted by Crippen LogP contribution is -2.33. The summed E-state index contributed by atoms with van der Waals surface area (Å²) < 4.78 is 0. The molecule has 2 unspecified atom stereocenters. The van der Waals surface area contributed by atoms with Gasteiger partial charge in [-0.2, -0.15) is 20.5 Å². The van der Waals surface area contributed by atoms with Gasteiger partial charge in [0.1, 0.15) is 0 Å². The highest BCUT2D eigenvalue weighted by molar-refractivity contribution is 6.45. The van der Waals surface area contributed by atoms with Gasteiger partial charge in [0, 0.05) is 32.5 Å². The number of nitrogens with one attached hydrogen (secondary N) is 4. The molecule has 14 nitrogen and oxygen atoms in total. The van der Waals surface area contributed by atoms with Gasteiger partial charge in [0.05, 0.1) is 52.9 Å². The number of hydrogen-bond acceptors (Lipinski definition) is 10. The summed E-state index contributed by atoms with van der Waals surface area (Å²) in [6, 6.07) is 13.4. The van der Waals surface area contributed by atoms with Crippen LogP contribution in [0.25, 0.3) is 0 Å². The minimum atomic E-state index is -1.61. The van der Waals surface area contributed by atoms with Gasteiger partial charge < -0.3 is 21.3 Å². The average Bonchev–Trinajstić information content (AvgIpc) is 3.19. The second-order valence-corrected chi connectivity index (χ2v) is 17.0. The molecule has 0 bridgehead atoms. The van der Waals surface area contributed by atoms with Gasteiger partial charge in [0.2, 0.25) is 12.1 Å². The maximum Gasteiger partial charge on any atom is 0.258 e. The molecule has 0 radical (unpaired) electrons. The third-order valence-corrected chi connectivity index (χ3v) is 11.2. The SMILES string of the molecule is CC(=O)C(N=Nc1cc(Cl)cc(C(=O)Nc2cc(Cl)c(Cl)cc2Cl)c1)C(=O)Nc1cc(C)c(NC(=O)C(N=Nc2cc(Cl)cc(C(=O)Nc3cc(Cl)c(Cl)cc3Cl)c2)C(C)=O)c(C)c1. The topological polar surface area (TPSA) is 200 Å². The van der Waals surface area contributed by atoms with Crippen molar-refractivity contribution in [2.24, 2.45) is 20.5 Å². The molecule has 0 aromatic heterocycles. The van der Waals surface area contributed by atoms with E-state index in [1.807, 2.05) is 0 Å². The summed E-state index contributed by atoms with van der Waals surface area (Å²) >= 11 is 49.0. The molecule has 330 valence electrons. The number of nitrogens with zero attached hydrogens (tertiary/aromatic N) is 4. The Morgan fingerprint density at radius 1 is 0.453 bits per heavy atom. The fraction of sp³-hybridized carbons (Fsp3) is 0.143. The van der Waals surface area contributed by atoms with Crippen molar-refractivity contribution in [1.29, 1.82) is 0 Å². The van der Waals surface area contributed by atoms with E-state index in [0.717, 1.165) is 13.8 Å². The maximum absolute atomic E-state index is 13.4. The van der Waals surface area contributed by atoms with E-state index in [1.54, 1.807) is 13.8 Å². The number of aryl methyl sites for hydroxylation is 2. The van der Waals surface area contributed by atoms with Crippen molar-refractivity contribution < 1.29 is 28.8 Å². The lowest BCUT2D eigenvalue weighted by atomic mass is 10.1. The van der Waals surface area contributed by atoms with E-state index in [1.165, 1.54) is 72.8 Å². The highest BCUT2D eigenvalue weighted by Gasteiger charge is 2.27. The Bertz CT molecular complexity index is 2800. The first-order valence-electron chi connectivity index (χ1n) is 18.2. The summed E-state index contributed by atoms with van der Waals surface area (Å²) in [4.78, 5) is 78.1. The first-order valence-corrected chi connectivity index (χ1v) is 21.2. The number of hydrogen-bond donors (Lipinski definition) is 4. The number of benzene rings is 5. The zero-order valence-electron chi connectivity index (χ0n) is 33.3. The van der Waals surface area contributed by atoms with Crippen LogP contribution in [0.1, 0.15) is 45.7 Å². The molecule has 0 heterocycles. The molecule has 22 heteroatoms. The monoisotopic (exact) mass is 1020 g/mol. The zero-order valence-corrected chi connectivity index (χ0v) is 39.4. The number of carbonyl (C=O) groups is 6. The number of azo groups is 2. The van der Waals surface area contributed by atoms with Gasteiger partial charge in [-0.1, -0.05) is 92.8 Å². The first kappa shape index (κ1) is 49.8. The Morgan fingerprint density at radius 2 is 0.828 bits per heavy atom. The largest absolute Gasteiger partial charge is 0.324 e. The number of amides is 4. The van der Waals surface area contributed by atoms with E-state index < -0.39 is 47.3 Å². The van der Waals surface area contributed by atoms with Crippen LogP contribution in [0.15, 0.2) is 93.3 Å². The molecular weight excluding hydrogens is 996 g/mol. The smallest absolute Gasteiger partial charge is 0.258 e. The molecule has 2 atom stereocenters. The summed E-state index contributed by atoms with van der Waals surface area (Å²) in [5.74, 6) is -4.22. The number of Topliss-reactive ketones (excluding diaryl/α,β-unsaturated/α-hetero) is 2. The maximum atomic E-state index is 13.4. The van der Waals surface area contributed by atoms with E-state index in [2.05, 4.69) is 41.7 Å². The van der Waals surface area contributed by atoms with Crippen LogP contribution >= 0.6 is 92.8 Å². The van der Waals surface area contributed by atoms with Crippen LogP contribution in [0.3, 0.4) is 0 Å². The number of carbonyl (C=O) groups excluding carboxylic acids is 6. The van der Waals surface area contributed by atoms with Crippen LogP contribution in [0.4, 0.5) is 34.1 Å².